The highest BCUT2D eigenvalue weighted by Crippen LogP contribution is 2.27. The average Bonchev–Trinajstić information content (AvgIpc) is 2.76. The predicted molar refractivity (Wildman–Crippen MR) is 114 cm³/mol. The second kappa shape index (κ2) is 9.91. The van der Waals surface area contributed by atoms with Crippen molar-refractivity contribution in [1.29, 1.82) is 0 Å². The number of para-hydroxylation sites is 4. The molecule has 2 aliphatic rings. The fourth-order valence-corrected chi connectivity index (χ4v) is 3.47. The van der Waals surface area contributed by atoms with Crippen molar-refractivity contribution in [1.82, 2.24) is 10.6 Å². The normalized spacial score (nSPS) is 16.9. The molecule has 2 heterocycles. The summed E-state index contributed by atoms with van der Waals surface area (Å²) < 4.78 is 0. The molecule has 2 aliphatic heterocycles. The molecule has 0 unspecified atom stereocenters. The van der Waals surface area contributed by atoms with E-state index in [4.69, 9.17) is 5.73 Å². The highest BCUT2D eigenvalue weighted by Gasteiger charge is 2.19. The smallest absolute Gasteiger partial charge is 0.292 e. The molecule has 0 aromatic heterocycles. The van der Waals surface area contributed by atoms with Crippen LogP contribution in [-0.4, -0.2) is 57.3 Å². The maximum Gasteiger partial charge on any atom is 0.292 e. The van der Waals surface area contributed by atoms with Gasteiger partial charge in [-0.15, -0.1) is 0 Å². The number of hydrogen-bond acceptors (Lipinski definition) is 7. The molecule has 2 aromatic carbocycles. The summed E-state index contributed by atoms with van der Waals surface area (Å²) in [6.07, 6.45) is 0. The van der Waals surface area contributed by atoms with Gasteiger partial charge >= 0.3 is 0 Å². The number of nitrogen functional groups attached to an aromatic ring is 1. The Morgan fingerprint density at radius 2 is 1.25 bits per heavy atom. The van der Waals surface area contributed by atoms with E-state index >= 15 is 0 Å². The van der Waals surface area contributed by atoms with Gasteiger partial charge in [-0.05, 0) is 18.2 Å². The van der Waals surface area contributed by atoms with Gasteiger partial charge in [-0.25, -0.2) is 0 Å². The van der Waals surface area contributed by atoms with Crippen molar-refractivity contribution in [3.8, 4) is 0 Å². The molecule has 150 valence electrons. The largest absolute Gasteiger partial charge is 0.397 e. The predicted octanol–water partition coefficient (Wildman–Crippen LogP) is 1.68. The fourth-order valence-electron chi connectivity index (χ4n) is 3.47. The molecule has 0 atom stereocenters. The Hall–Kier alpha value is -2.84. The maximum atomic E-state index is 10.8. The summed E-state index contributed by atoms with van der Waals surface area (Å²) in [5, 5.41) is 17.4. The van der Waals surface area contributed by atoms with E-state index in [0.29, 0.717) is 0 Å². The SMILES string of the molecule is Nc1ccccc1N1CCNCC1.O=[N+]([O-])c1ccccc1N1CCNCC1. The second-order valence-electron chi connectivity index (χ2n) is 6.78. The molecule has 0 amide bonds. The molecule has 4 N–H and O–H groups in total. The highest BCUT2D eigenvalue weighted by molar-refractivity contribution is 5.67. The van der Waals surface area contributed by atoms with Crippen LogP contribution >= 0.6 is 0 Å². The first-order valence-corrected chi connectivity index (χ1v) is 9.66. The van der Waals surface area contributed by atoms with E-state index in [0.717, 1.165) is 63.7 Å². The summed E-state index contributed by atoms with van der Waals surface area (Å²) in [5.74, 6) is 0. The van der Waals surface area contributed by atoms with Crippen molar-refractivity contribution >= 4 is 22.7 Å². The lowest BCUT2D eigenvalue weighted by Crippen LogP contribution is -2.43. The lowest BCUT2D eigenvalue weighted by Gasteiger charge is -2.30. The van der Waals surface area contributed by atoms with Crippen molar-refractivity contribution < 1.29 is 4.92 Å². The van der Waals surface area contributed by atoms with E-state index in [1.54, 1.807) is 12.1 Å². The van der Waals surface area contributed by atoms with E-state index in [1.807, 2.05) is 30.3 Å². The van der Waals surface area contributed by atoms with Gasteiger partial charge < -0.3 is 26.2 Å². The summed E-state index contributed by atoms with van der Waals surface area (Å²) in [6.45, 7) is 7.61. The number of nitrogens with two attached hydrogens (primary N) is 1. The number of hydrogen-bond donors (Lipinski definition) is 3. The maximum absolute atomic E-state index is 10.8. The van der Waals surface area contributed by atoms with Gasteiger partial charge in [-0.3, -0.25) is 10.1 Å². The van der Waals surface area contributed by atoms with Gasteiger partial charge in [0.2, 0.25) is 0 Å². The van der Waals surface area contributed by atoms with Crippen LogP contribution in [0, 0.1) is 10.1 Å². The number of nitro benzene ring substituents is 1. The summed E-state index contributed by atoms with van der Waals surface area (Å²) in [7, 11) is 0. The van der Waals surface area contributed by atoms with Gasteiger partial charge in [0.05, 0.1) is 16.3 Å². The van der Waals surface area contributed by atoms with Crippen molar-refractivity contribution in [3.63, 3.8) is 0 Å². The van der Waals surface area contributed by atoms with Crippen LogP contribution < -0.4 is 26.2 Å². The zero-order chi connectivity index (χ0) is 19.8. The van der Waals surface area contributed by atoms with Gasteiger partial charge in [0.15, 0.2) is 0 Å². The summed E-state index contributed by atoms with van der Waals surface area (Å²) >= 11 is 0. The first-order chi connectivity index (χ1) is 13.7. The Kier molecular flexibility index (Phi) is 7.05. The average molecular weight is 384 g/mol. The third-order valence-corrected chi connectivity index (χ3v) is 4.93. The van der Waals surface area contributed by atoms with E-state index in [1.165, 1.54) is 5.69 Å². The van der Waals surface area contributed by atoms with Crippen molar-refractivity contribution in [3.05, 3.63) is 58.6 Å². The van der Waals surface area contributed by atoms with Crippen LogP contribution in [0.5, 0.6) is 0 Å². The van der Waals surface area contributed by atoms with Crippen LogP contribution in [-0.2, 0) is 0 Å². The van der Waals surface area contributed by atoms with Gasteiger partial charge in [0.1, 0.15) is 5.69 Å². The molecule has 0 aliphatic carbocycles. The quantitative estimate of drug-likeness (QED) is 0.421. The topological polar surface area (TPSA) is 99.7 Å². The number of piperazine rings is 2. The van der Waals surface area contributed by atoms with Crippen LogP contribution in [0.2, 0.25) is 0 Å². The Balaban J connectivity index is 0.000000162. The minimum absolute atomic E-state index is 0.194. The second-order valence-corrected chi connectivity index (χ2v) is 6.78. The summed E-state index contributed by atoms with van der Waals surface area (Å²) in [5.41, 5.74) is 8.86. The molecular weight excluding hydrogens is 356 g/mol. The number of nitrogens with one attached hydrogen (secondary N) is 2. The van der Waals surface area contributed by atoms with Crippen molar-refractivity contribution in [2.24, 2.45) is 0 Å². The minimum atomic E-state index is -0.322. The Labute approximate surface area is 165 Å². The molecular formula is C20H28N6O2. The van der Waals surface area contributed by atoms with E-state index in [2.05, 4.69) is 26.5 Å². The molecule has 2 aromatic rings. The van der Waals surface area contributed by atoms with Crippen LogP contribution in [0.25, 0.3) is 0 Å². The lowest BCUT2D eigenvalue weighted by atomic mass is 10.2. The molecule has 0 saturated carbocycles. The van der Waals surface area contributed by atoms with Gasteiger partial charge in [-0.2, -0.15) is 0 Å². The molecule has 2 fully saturated rings. The Morgan fingerprint density at radius 1 is 0.786 bits per heavy atom. The number of nitrogens with zero attached hydrogens (tertiary/aromatic N) is 3. The number of nitro groups is 1. The van der Waals surface area contributed by atoms with Crippen LogP contribution in [0.4, 0.5) is 22.7 Å². The van der Waals surface area contributed by atoms with Gasteiger partial charge in [-0.1, -0.05) is 24.3 Å². The lowest BCUT2D eigenvalue weighted by molar-refractivity contribution is -0.384. The Bertz CT molecular complexity index is 773. The van der Waals surface area contributed by atoms with Gasteiger partial charge in [0.25, 0.3) is 5.69 Å². The minimum Gasteiger partial charge on any atom is -0.397 e. The van der Waals surface area contributed by atoms with Crippen molar-refractivity contribution in [2.75, 3.05) is 67.9 Å². The zero-order valence-corrected chi connectivity index (χ0v) is 16.0. The zero-order valence-electron chi connectivity index (χ0n) is 16.0. The molecule has 28 heavy (non-hydrogen) atoms. The monoisotopic (exact) mass is 384 g/mol. The van der Waals surface area contributed by atoms with E-state index in [9.17, 15) is 10.1 Å². The first-order valence-electron chi connectivity index (χ1n) is 9.66. The number of benzene rings is 2. The van der Waals surface area contributed by atoms with Crippen molar-refractivity contribution in [2.45, 2.75) is 0 Å². The number of anilines is 3. The molecule has 0 spiro atoms. The van der Waals surface area contributed by atoms with E-state index in [-0.39, 0.29) is 10.6 Å². The summed E-state index contributed by atoms with van der Waals surface area (Å²) in [4.78, 5) is 14.9. The van der Waals surface area contributed by atoms with Crippen LogP contribution in [0.3, 0.4) is 0 Å². The summed E-state index contributed by atoms with van der Waals surface area (Å²) in [6, 6.07) is 14.9. The van der Waals surface area contributed by atoms with E-state index < -0.39 is 0 Å². The molecule has 2 saturated heterocycles. The molecule has 8 heteroatoms. The molecule has 0 radical (unpaired) electrons. The van der Waals surface area contributed by atoms with Crippen LogP contribution in [0.15, 0.2) is 48.5 Å². The van der Waals surface area contributed by atoms with Gasteiger partial charge in [0, 0.05) is 58.4 Å². The molecule has 0 bridgehead atoms. The third-order valence-electron chi connectivity index (χ3n) is 4.93. The standard InChI is InChI=1S/C10H13N3O2.C10H15N3/c14-13(15)10-4-2-1-3-9(10)12-7-5-11-6-8-12;11-9-3-1-2-4-10(9)13-7-5-12-6-8-13/h1-4,11H,5-8H2;1-4,12H,5-8,11H2. The fraction of sp³-hybridized carbons (Fsp3) is 0.400. The van der Waals surface area contributed by atoms with Crippen LogP contribution in [0.1, 0.15) is 0 Å². The Morgan fingerprint density at radius 3 is 1.79 bits per heavy atom. The highest BCUT2D eigenvalue weighted by atomic mass is 16.6. The third kappa shape index (κ3) is 5.11. The first kappa shape index (κ1) is 19.9. The molecule has 8 nitrogen and oxygen atoms in total. The number of rotatable bonds is 3. The molecule has 4 rings (SSSR count).